The van der Waals surface area contributed by atoms with Crippen molar-refractivity contribution in [3.05, 3.63) is 24.0 Å². The predicted molar refractivity (Wildman–Crippen MR) is 83.0 cm³/mol. The van der Waals surface area contributed by atoms with Crippen LogP contribution in [0.25, 0.3) is 11.0 Å². The van der Waals surface area contributed by atoms with Crippen LogP contribution in [0.5, 0.6) is 5.75 Å². The fraction of sp³-hybridized carbons (Fsp3) is 0.562. The third kappa shape index (κ3) is 2.51. The molecule has 0 bridgehead atoms. The van der Waals surface area contributed by atoms with Crippen molar-refractivity contribution in [3.8, 4) is 5.75 Å². The lowest BCUT2D eigenvalue weighted by Gasteiger charge is -2.18. The van der Waals surface area contributed by atoms with Crippen molar-refractivity contribution in [2.45, 2.75) is 31.8 Å². The second-order valence-electron chi connectivity index (χ2n) is 5.52. The Balaban J connectivity index is 2.09. The number of fused-ring (bicyclic) bond motifs is 1. The lowest BCUT2D eigenvalue weighted by atomic mass is 10.0. The number of hydrogen-bond donors (Lipinski definition) is 1. The fourth-order valence-corrected chi connectivity index (χ4v) is 3.09. The summed E-state index contributed by atoms with van der Waals surface area (Å²) in [5.41, 5.74) is 2.17. The molecule has 114 valence electrons. The van der Waals surface area contributed by atoms with Gasteiger partial charge in [-0.2, -0.15) is 0 Å². The molecule has 21 heavy (non-hydrogen) atoms. The fourth-order valence-electron chi connectivity index (χ4n) is 3.09. The zero-order valence-corrected chi connectivity index (χ0v) is 12.9. The van der Waals surface area contributed by atoms with Crippen molar-refractivity contribution in [1.29, 1.82) is 0 Å². The zero-order chi connectivity index (χ0) is 14.8. The minimum absolute atomic E-state index is 0.306. The van der Waals surface area contributed by atoms with Crippen molar-refractivity contribution in [2.75, 3.05) is 27.4 Å². The molecule has 3 rings (SSSR count). The molecule has 0 aliphatic carbocycles. The third-order valence-corrected chi connectivity index (χ3v) is 4.22. The minimum atomic E-state index is 0.306. The molecule has 0 saturated carbocycles. The molecule has 0 radical (unpaired) electrons. The summed E-state index contributed by atoms with van der Waals surface area (Å²) >= 11 is 0. The number of ether oxygens (including phenoxy) is 2. The average Bonchev–Trinajstić information content (AvgIpc) is 3.11. The highest BCUT2D eigenvalue weighted by molar-refractivity contribution is 5.78. The van der Waals surface area contributed by atoms with Crippen LogP contribution in [-0.4, -0.2) is 43.0 Å². The lowest BCUT2D eigenvalue weighted by molar-refractivity contribution is 0.187. The van der Waals surface area contributed by atoms with E-state index in [1.807, 2.05) is 19.2 Å². The number of nitrogens with one attached hydrogen (secondary N) is 1. The molecule has 1 N–H and O–H groups in total. The Morgan fingerprint density at radius 2 is 2.29 bits per heavy atom. The maximum absolute atomic E-state index is 5.65. The molecular formula is C16H23N3O2. The van der Waals surface area contributed by atoms with Gasteiger partial charge in [0.2, 0.25) is 0 Å². The van der Waals surface area contributed by atoms with Crippen LogP contribution in [0.15, 0.2) is 18.2 Å². The van der Waals surface area contributed by atoms with Crippen LogP contribution < -0.4 is 10.1 Å². The number of likely N-dealkylation sites (N-methyl/N-ethyl adjacent to an activating group) is 1. The van der Waals surface area contributed by atoms with E-state index in [0.717, 1.165) is 43.3 Å². The summed E-state index contributed by atoms with van der Waals surface area (Å²) in [7, 11) is 3.68. The standard InChI is InChI=1S/C16H23N3O2/c1-4-7-19-15-6-5-11(20-3)8-13(15)18-16(19)12-9-21-10-14(12)17-2/h5-6,8,12,14,17H,4,7,9-10H2,1-3H3. The number of aryl methyl sites for hydroxylation is 1. The Morgan fingerprint density at radius 1 is 1.43 bits per heavy atom. The molecule has 2 atom stereocenters. The highest BCUT2D eigenvalue weighted by Crippen LogP contribution is 2.30. The number of imidazole rings is 1. The number of rotatable bonds is 5. The van der Waals surface area contributed by atoms with E-state index in [1.54, 1.807) is 7.11 Å². The highest BCUT2D eigenvalue weighted by atomic mass is 16.5. The largest absolute Gasteiger partial charge is 0.497 e. The molecule has 1 aliphatic heterocycles. The summed E-state index contributed by atoms with van der Waals surface area (Å²) in [5, 5.41) is 3.35. The Hall–Kier alpha value is -1.59. The Kier molecular flexibility index (Phi) is 4.12. The van der Waals surface area contributed by atoms with Crippen LogP contribution in [0, 0.1) is 0 Å². The van der Waals surface area contributed by atoms with Crippen LogP contribution in [0.3, 0.4) is 0 Å². The van der Waals surface area contributed by atoms with Gasteiger partial charge in [-0.25, -0.2) is 4.98 Å². The van der Waals surface area contributed by atoms with E-state index >= 15 is 0 Å². The second kappa shape index (κ2) is 6.03. The molecular weight excluding hydrogens is 266 g/mol. The van der Waals surface area contributed by atoms with Gasteiger partial charge < -0.3 is 19.4 Å². The van der Waals surface area contributed by atoms with Gasteiger partial charge in [-0.1, -0.05) is 6.92 Å². The molecule has 5 heteroatoms. The normalized spacial score (nSPS) is 22.0. The molecule has 1 fully saturated rings. The summed E-state index contributed by atoms with van der Waals surface area (Å²) in [4.78, 5) is 4.88. The number of hydrogen-bond acceptors (Lipinski definition) is 4. The molecule has 2 heterocycles. The lowest BCUT2D eigenvalue weighted by Crippen LogP contribution is -2.32. The van der Waals surface area contributed by atoms with E-state index < -0.39 is 0 Å². The Bertz CT molecular complexity index is 623. The summed E-state index contributed by atoms with van der Waals surface area (Å²) in [5.74, 6) is 2.28. The van der Waals surface area contributed by atoms with Crippen molar-refractivity contribution in [3.63, 3.8) is 0 Å². The Labute approximate surface area is 125 Å². The van der Waals surface area contributed by atoms with Gasteiger partial charge in [-0.05, 0) is 25.6 Å². The van der Waals surface area contributed by atoms with Crippen molar-refractivity contribution in [1.82, 2.24) is 14.9 Å². The van der Waals surface area contributed by atoms with Crippen LogP contribution in [0.2, 0.25) is 0 Å². The average molecular weight is 289 g/mol. The van der Waals surface area contributed by atoms with Gasteiger partial charge in [0, 0.05) is 18.7 Å². The summed E-state index contributed by atoms with van der Waals surface area (Å²) < 4.78 is 13.3. The van der Waals surface area contributed by atoms with Gasteiger partial charge in [-0.3, -0.25) is 0 Å². The molecule has 5 nitrogen and oxygen atoms in total. The van der Waals surface area contributed by atoms with E-state index in [9.17, 15) is 0 Å². The van der Waals surface area contributed by atoms with Crippen LogP contribution >= 0.6 is 0 Å². The first-order chi connectivity index (χ1) is 10.3. The van der Waals surface area contributed by atoms with E-state index in [2.05, 4.69) is 22.9 Å². The van der Waals surface area contributed by atoms with Gasteiger partial charge in [0.15, 0.2) is 0 Å². The Morgan fingerprint density at radius 3 is 3.00 bits per heavy atom. The first-order valence-corrected chi connectivity index (χ1v) is 7.57. The van der Waals surface area contributed by atoms with E-state index in [-0.39, 0.29) is 0 Å². The predicted octanol–water partition coefficient (Wildman–Crippen LogP) is 2.16. The zero-order valence-electron chi connectivity index (χ0n) is 12.9. The van der Waals surface area contributed by atoms with Crippen LogP contribution in [0.4, 0.5) is 0 Å². The van der Waals surface area contributed by atoms with Gasteiger partial charge in [0.05, 0.1) is 37.3 Å². The summed E-state index contributed by atoms with van der Waals surface area (Å²) in [6, 6.07) is 6.44. The number of nitrogens with zero attached hydrogens (tertiary/aromatic N) is 2. The first kappa shape index (κ1) is 14.4. The molecule has 0 amide bonds. The summed E-state index contributed by atoms with van der Waals surface area (Å²) in [6.07, 6.45) is 1.09. The molecule has 2 unspecified atom stereocenters. The first-order valence-electron chi connectivity index (χ1n) is 7.57. The van der Waals surface area contributed by atoms with E-state index in [1.165, 1.54) is 5.52 Å². The maximum Gasteiger partial charge on any atom is 0.121 e. The van der Waals surface area contributed by atoms with Crippen LogP contribution in [0.1, 0.15) is 25.1 Å². The van der Waals surface area contributed by atoms with E-state index in [4.69, 9.17) is 14.5 Å². The van der Waals surface area contributed by atoms with Gasteiger partial charge >= 0.3 is 0 Å². The number of benzene rings is 1. The SMILES string of the molecule is CCCn1c(C2COCC2NC)nc2cc(OC)ccc21. The van der Waals surface area contributed by atoms with Crippen LogP contribution in [-0.2, 0) is 11.3 Å². The molecule has 1 aliphatic rings. The smallest absolute Gasteiger partial charge is 0.121 e. The molecule has 1 aromatic heterocycles. The third-order valence-electron chi connectivity index (χ3n) is 4.22. The molecule has 0 spiro atoms. The monoisotopic (exact) mass is 289 g/mol. The summed E-state index contributed by atoms with van der Waals surface area (Å²) in [6.45, 7) is 4.65. The minimum Gasteiger partial charge on any atom is -0.497 e. The topological polar surface area (TPSA) is 48.3 Å². The molecule has 2 aromatic rings. The number of methoxy groups -OCH3 is 1. The highest BCUT2D eigenvalue weighted by Gasteiger charge is 2.32. The molecule has 1 saturated heterocycles. The van der Waals surface area contributed by atoms with Gasteiger partial charge in [-0.15, -0.1) is 0 Å². The number of aromatic nitrogens is 2. The molecule has 1 aromatic carbocycles. The quantitative estimate of drug-likeness (QED) is 0.916. The van der Waals surface area contributed by atoms with Crippen molar-refractivity contribution in [2.24, 2.45) is 0 Å². The van der Waals surface area contributed by atoms with E-state index in [0.29, 0.717) is 12.0 Å². The second-order valence-corrected chi connectivity index (χ2v) is 5.52. The maximum atomic E-state index is 5.65. The van der Waals surface area contributed by atoms with Gasteiger partial charge in [0.25, 0.3) is 0 Å². The van der Waals surface area contributed by atoms with Gasteiger partial charge in [0.1, 0.15) is 11.6 Å². The van der Waals surface area contributed by atoms with Crippen molar-refractivity contribution < 1.29 is 9.47 Å². The van der Waals surface area contributed by atoms with Crippen molar-refractivity contribution >= 4 is 11.0 Å².